The highest BCUT2D eigenvalue weighted by molar-refractivity contribution is 5.95. The molecule has 6 heteroatoms. The number of carbonyl (C=O) groups excluding carboxylic acids is 1. The van der Waals surface area contributed by atoms with E-state index in [-0.39, 0.29) is 12.2 Å². The van der Waals surface area contributed by atoms with Crippen LogP contribution in [0.25, 0.3) is 0 Å². The zero-order chi connectivity index (χ0) is 12.1. The Hall–Kier alpha value is -2.08. The number of aromatic nitrogens is 4. The summed E-state index contributed by atoms with van der Waals surface area (Å²) in [5.74, 6) is -0.0908. The van der Waals surface area contributed by atoms with E-state index in [1.54, 1.807) is 17.1 Å². The summed E-state index contributed by atoms with van der Waals surface area (Å²) in [4.78, 5) is 15.9. The summed E-state index contributed by atoms with van der Waals surface area (Å²) in [6.45, 7) is 1.03. The van der Waals surface area contributed by atoms with Gasteiger partial charge < -0.3 is 5.73 Å². The molecule has 0 saturated heterocycles. The van der Waals surface area contributed by atoms with E-state index in [2.05, 4.69) is 15.3 Å². The van der Waals surface area contributed by atoms with Crippen molar-refractivity contribution in [3.8, 4) is 0 Å². The van der Waals surface area contributed by atoms with E-state index in [0.29, 0.717) is 18.8 Å². The van der Waals surface area contributed by atoms with Crippen LogP contribution >= 0.6 is 0 Å². The van der Waals surface area contributed by atoms with Crippen molar-refractivity contribution in [2.24, 2.45) is 5.73 Å². The fourth-order valence-electron chi connectivity index (χ4n) is 1.43. The van der Waals surface area contributed by atoms with Crippen molar-refractivity contribution in [1.29, 1.82) is 0 Å². The molecule has 2 N–H and O–H groups in total. The Bertz CT molecular complexity index is 494. The van der Waals surface area contributed by atoms with E-state index >= 15 is 0 Å². The van der Waals surface area contributed by atoms with E-state index < -0.39 is 0 Å². The van der Waals surface area contributed by atoms with Gasteiger partial charge in [0.2, 0.25) is 0 Å². The average Bonchev–Trinajstić information content (AvgIpc) is 2.79. The van der Waals surface area contributed by atoms with Crippen molar-refractivity contribution < 1.29 is 4.79 Å². The molecule has 0 saturated carbocycles. The van der Waals surface area contributed by atoms with Crippen LogP contribution in [0, 0.1) is 0 Å². The maximum absolute atomic E-state index is 11.8. The Morgan fingerprint density at radius 1 is 1.41 bits per heavy atom. The summed E-state index contributed by atoms with van der Waals surface area (Å²) in [6.07, 6.45) is 3.51. The van der Waals surface area contributed by atoms with Crippen molar-refractivity contribution >= 4 is 5.78 Å². The third kappa shape index (κ3) is 2.94. The second-order valence-electron chi connectivity index (χ2n) is 3.58. The summed E-state index contributed by atoms with van der Waals surface area (Å²) in [5, 5.41) is 7.63. The monoisotopic (exact) mass is 231 g/mol. The molecular weight excluding hydrogens is 218 g/mol. The standard InChI is InChI=1S/C11H13N5O/c12-4-6-16-8-10(14-15-16)11(17)7-9-3-1-2-5-13-9/h1-3,5,8H,4,6-7,12H2. The largest absolute Gasteiger partial charge is 0.329 e. The van der Waals surface area contributed by atoms with Crippen molar-refractivity contribution in [2.45, 2.75) is 13.0 Å². The first-order valence-corrected chi connectivity index (χ1v) is 5.33. The molecule has 2 aromatic rings. The molecule has 2 aromatic heterocycles. The lowest BCUT2D eigenvalue weighted by atomic mass is 10.1. The fraction of sp³-hybridized carbons (Fsp3) is 0.273. The molecule has 0 amide bonds. The lowest BCUT2D eigenvalue weighted by Crippen LogP contribution is -2.10. The van der Waals surface area contributed by atoms with Crippen LogP contribution in [-0.4, -0.2) is 32.3 Å². The van der Waals surface area contributed by atoms with Gasteiger partial charge in [0.05, 0.1) is 19.2 Å². The molecule has 0 unspecified atom stereocenters. The summed E-state index contributed by atoms with van der Waals surface area (Å²) >= 11 is 0. The number of nitrogens with two attached hydrogens (primary N) is 1. The van der Waals surface area contributed by atoms with E-state index in [9.17, 15) is 4.79 Å². The molecule has 0 aromatic carbocycles. The average molecular weight is 231 g/mol. The summed E-state index contributed by atoms with van der Waals surface area (Å²) < 4.78 is 1.56. The second-order valence-corrected chi connectivity index (χ2v) is 3.58. The predicted octanol–water partition coefficient (Wildman–Crippen LogP) is 0.0572. The minimum atomic E-state index is -0.0908. The van der Waals surface area contributed by atoms with Gasteiger partial charge in [0.1, 0.15) is 5.69 Å². The molecule has 0 atom stereocenters. The molecule has 0 radical (unpaired) electrons. The maximum atomic E-state index is 11.8. The molecule has 0 aliphatic carbocycles. The molecule has 0 fully saturated rings. The van der Waals surface area contributed by atoms with Crippen LogP contribution in [0.4, 0.5) is 0 Å². The third-order valence-electron chi connectivity index (χ3n) is 2.25. The summed E-state index contributed by atoms with van der Waals surface area (Å²) in [5.41, 5.74) is 6.46. The Labute approximate surface area is 98.5 Å². The van der Waals surface area contributed by atoms with Gasteiger partial charge in [-0.05, 0) is 12.1 Å². The number of hydrogen-bond donors (Lipinski definition) is 1. The first-order valence-electron chi connectivity index (χ1n) is 5.33. The highest BCUT2D eigenvalue weighted by atomic mass is 16.1. The smallest absolute Gasteiger partial charge is 0.190 e. The number of carbonyl (C=O) groups is 1. The fourth-order valence-corrected chi connectivity index (χ4v) is 1.43. The molecule has 0 spiro atoms. The van der Waals surface area contributed by atoms with Crippen LogP contribution in [0.3, 0.4) is 0 Å². The van der Waals surface area contributed by atoms with E-state index in [4.69, 9.17) is 5.73 Å². The minimum absolute atomic E-state index is 0.0908. The first-order chi connectivity index (χ1) is 8.29. The Balaban J connectivity index is 2.04. The van der Waals surface area contributed by atoms with Crippen LogP contribution in [-0.2, 0) is 13.0 Å². The molecule has 2 rings (SSSR count). The molecule has 2 heterocycles. The lowest BCUT2D eigenvalue weighted by Gasteiger charge is -1.96. The van der Waals surface area contributed by atoms with Crippen LogP contribution in [0.2, 0.25) is 0 Å². The lowest BCUT2D eigenvalue weighted by molar-refractivity contribution is 0.0987. The highest BCUT2D eigenvalue weighted by Crippen LogP contribution is 2.02. The van der Waals surface area contributed by atoms with Crippen molar-refractivity contribution in [2.75, 3.05) is 6.54 Å². The van der Waals surface area contributed by atoms with E-state index in [1.165, 1.54) is 0 Å². The van der Waals surface area contributed by atoms with Gasteiger partial charge in [0.25, 0.3) is 0 Å². The van der Waals surface area contributed by atoms with Gasteiger partial charge in [-0.25, -0.2) is 0 Å². The summed E-state index contributed by atoms with van der Waals surface area (Å²) in [7, 11) is 0. The van der Waals surface area contributed by atoms with E-state index in [0.717, 1.165) is 5.69 Å². The summed E-state index contributed by atoms with van der Waals surface area (Å²) in [6, 6.07) is 5.47. The van der Waals surface area contributed by atoms with Gasteiger partial charge in [-0.15, -0.1) is 5.10 Å². The number of pyridine rings is 1. The quantitative estimate of drug-likeness (QED) is 0.735. The van der Waals surface area contributed by atoms with Gasteiger partial charge in [0.15, 0.2) is 5.78 Å². The van der Waals surface area contributed by atoms with Crippen molar-refractivity contribution in [1.82, 2.24) is 20.0 Å². The molecule has 0 aliphatic heterocycles. The Kier molecular flexibility index (Phi) is 3.56. The Morgan fingerprint density at radius 2 is 2.29 bits per heavy atom. The third-order valence-corrected chi connectivity index (χ3v) is 2.25. The highest BCUT2D eigenvalue weighted by Gasteiger charge is 2.11. The van der Waals surface area contributed by atoms with Gasteiger partial charge in [-0.1, -0.05) is 11.3 Å². The van der Waals surface area contributed by atoms with Gasteiger partial charge in [-0.2, -0.15) is 0 Å². The minimum Gasteiger partial charge on any atom is -0.329 e. The molecule has 17 heavy (non-hydrogen) atoms. The van der Waals surface area contributed by atoms with Gasteiger partial charge >= 0.3 is 0 Å². The normalized spacial score (nSPS) is 10.4. The number of hydrogen-bond acceptors (Lipinski definition) is 5. The van der Waals surface area contributed by atoms with Crippen LogP contribution in [0.15, 0.2) is 30.6 Å². The zero-order valence-electron chi connectivity index (χ0n) is 9.28. The second kappa shape index (κ2) is 5.31. The number of nitrogens with zero attached hydrogens (tertiary/aromatic N) is 4. The zero-order valence-corrected chi connectivity index (χ0v) is 9.28. The van der Waals surface area contributed by atoms with Gasteiger partial charge in [-0.3, -0.25) is 14.5 Å². The van der Waals surface area contributed by atoms with Crippen molar-refractivity contribution in [3.05, 3.63) is 42.0 Å². The molecular formula is C11H13N5O. The number of ketones is 1. The van der Waals surface area contributed by atoms with Crippen LogP contribution in [0.1, 0.15) is 16.2 Å². The Morgan fingerprint density at radius 3 is 3.00 bits per heavy atom. The number of Topliss-reactive ketones (excluding diaryl/α,β-unsaturated/α-hetero) is 1. The first kappa shape index (κ1) is 11.4. The maximum Gasteiger partial charge on any atom is 0.190 e. The molecule has 6 nitrogen and oxygen atoms in total. The van der Waals surface area contributed by atoms with Crippen molar-refractivity contribution in [3.63, 3.8) is 0 Å². The van der Waals surface area contributed by atoms with Crippen LogP contribution in [0.5, 0.6) is 0 Å². The molecule has 88 valence electrons. The predicted molar refractivity (Wildman–Crippen MR) is 61.3 cm³/mol. The molecule has 0 aliphatic rings. The van der Waals surface area contributed by atoms with E-state index in [1.807, 2.05) is 18.2 Å². The SMILES string of the molecule is NCCn1cc(C(=O)Cc2ccccn2)nn1. The topological polar surface area (TPSA) is 86.7 Å². The molecule has 0 bridgehead atoms. The van der Waals surface area contributed by atoms with Gasteiger partial charge in [0, 0.05) is 18.4 Å². The van der Waals surface area contributed by atoms with Crippen LogP contribution < -0.4 is 5.73 Å². The number of rotatable bonds is 5.